The minimum absolute atomic E-state index is 0.789. The van der Waals surface area contributed by atoms with Crippen molar-refractivity contribution < 1.29 is 0 Å². The van der Waals surface area contributed by atoms with E-state index < -0.39 is 0 Å². The Hall–Kier alpha value is -0.520. The molecule has 1 fully saturated rings. The highest BCUT2D eigenvalue weighted by atomic mass is 14.4. The van der Waals surface area contributed by atoms with Crippen molar-refractivity contribution in [3.05, 3.63) is 23.3 Å². The monoisotopic (exact) mass is 204 g/mol. The van der Waals surface area contributed by atoms with E-state index >= 15 is 0 Å². The van der Waals surface area contributed by atoms with Gasteiger partial charge in [0.1, 0.15) is 0 Å². The summed E-state index contributed by atoms with van der Waals surface area (Å²) < 4.78 is 0. The first-order valence-corrected chi connectivity index (χ1v) is 6.44. The molecule has 0 spiro atoms. The molecule has 0 radical (unpaired) electrons. The van der Waals surface area contributed by atoms with Gasteiger partial charge in [-0.1, -0.05) is 38.0 Å². The summed E-state index contributed by atoms with van der Waals surface area (Å²) in [6, 6.07) is 0. The van der Waals surface area contributed by atoms with Crippen molar-refractivity contribution in [1.82, 2.24) is 0 Å². The zero-order valence-corrected chi connectivity index (χ0v) is 10.6. The first-order chi connectivity index (χ1) is 7.09. The molecule has 0 heteroatoms. The van der Waals surface area contributed by atoms with Gasteiger partial charge in [-0.3, -0.25) is 0 Å². The van der Waals surface area contributed by atoms with Crippen LogP contribution in [0.25, 0.3) is 0 Å². The van der Waals surface area contributed by atoms with Crippen molar-refractivity contribution in [2.24, 2.45) is 23.7 Å². The third kappa shape index (κ3) is 2.04. The summed E-state index contributed by atoms with van der Waals surface area (Å²) in [6.07, 6.45) is 9.07. The van der Waals surface area contributed by atoms with Crippen LogP contribution in [-0.4, -0.2) is 0 Å². The zero-order valence-electron chi connectivity index (χ0n) is 10.6. The van der Waals surface area contributed by atoms with Gasteiger partial charge >= 0.3 is 0 Å². The van der Waals surface area contributed by atoms with E-state index in [1.807, 2.05) is 0 Å². The summed E-state index contributed by atoms with van der Waals surface area (Å²) in [5, 5.41) is 0. The highest BCUT2D eigenvalue weighted by molar-refractivity contribution is 5.27. The number of hydrogen-bond donors (Lipinski definition) is 0. The quantitative estimate of drug-likeness (QED) is 0.542. The third-order valence-corrected chi connectivity index (χ3v) is 4.61. The summed E-state index contributed by atoms with van der Waals surface area (Å²) in [6.45, 7) is 9.36. The first kappa shape index (κ1) is 11.0. The molecule has 0 heterocycles. The van der Waals surface area contributed by atoms with Gasteiger partial charge in [0.15, 0.2) is 0 Å². The molecule has 0 aromatic rings. The fourth-order valence-corrected chi connectivity index (χ4v) is 3.41. The third-order valence-electron chi connectivity index (χ3n) is 4.61. The normalized spacial score (nSPS) is 40.1. The first-order valence-electron chi connectivity index (χ1n) is 6.44. The van der Waals surface area contributed by atoms with Crippen LogP contribution in [0.4, 0.5) is 0 Å². The van der Waals surface area contributed by atoms with E-state index in [1.165, 1.54) is 24.8 Å². The maximum Gasteiger partial charge on any atom is -0.0227 e. The van der Waals surface area contributed by atoms with Crippen LogP contribution in [-0.2, 0) is 0 Å². The summed E-state index contributed by atoms with van der Waals surface area (Å²) in [5.41, 5.74) is 3.11. The van der Waals surface area contributed by atoms with Gasteiger partial charge in [-0.15, -0.1) is 0 Å². The zero-order chi connectivity index (χ0) is 11.0. The lowest BCUT2D eigenvalue weighted by Gasteiger charge is -2.24. The van der Waals surface area contributed by atoms with E-state index in [9.17, 15) is 0 Å². The molecule has 2 aliphatic rings. The fraction of sp³-hybridized carbons (Fsp3) is 0.733. The van der Waals surface area contributed by atoms with Gasteiger partial charge in [-0.2, -0.15) is 0 Å². The molecule has 1 saturated carbocycles. The van der Waals surface area contributed by atoms with Crippen LogP contribution in [0, 0.1) is 23.7 Å². The Morgan fingerprint density at radius 1 is 1.13 bits per heavy atom. The van der Waals surface area contributed by atoms with Crippen molar-refractivity contribution >= 4 is 0 Å². The molecule has 15 heavy (non-hydrogen) atoms. The van der Waals surface area contributed by atoms with Crippen LogP contribution in [0.3, 0.4) is 0 Å². The van der Waals surface area contributed by atoms with Crippen molar-refractivity contribution in [2.75, 3.05) is 0 Å². The number of hydrogen-bond acceptors (Lipinski definition) is 0. The Labute approximate surface area is 94.5 Å². The van der Waals surface area contributed by atoms with Gasteiger partial charge in [0, 0.05) is 0 Å². The molecule has 0 aromatic heterocycles. The van der Waals surface area contributed by atoms with Gasteiger partial charge in [-0.25, -0.2) is 0 Å². The minimum Gasteiger partial charge on any atom is -0.0811 e. The second kappa shape index (κ2) is 4.15. The summed E-state index contributed by atoms with van der Waals surface area (Å²) in [7, 11) is 0. The van der Waals surface area contributed by atoms with Gasteiger partial charge in [-0.05, 0) is 55.9 Å². The average molecular weight is 204 g/mol. The largest absolute Gasteiger partial charge is 0.0811 e. The molecule has 0 aromatic carbocycles. The Morgan fingerprint density at radius 2 is 1.87 bits per heavy atom. The van der Waals surface area contributed by atoms with Crippen LogP contribution in [0.5, 0.6) is 0 Å². The Balaban J connectivity index is 2.27. The van der Waals surface area contributed by atoms with Crippen molar-refractivity contribution in [1.29, 1.82) is 0 Å². The van der Waals surface area contributed by atoms with Crippen LogP contribution in [0.2, 0.25) is 0 Å². The van der Waals surface area contributed by atoms with E-state index in [2.05, 4.69) is 39.8 Å². The lowest BCUT2D eigenvalue weighted by Crippen LogP contribution is -2.17. The minimum atomic E-state index is 0.789. The lowest BCUT2D eigenvalue weighted by molar-refractivity contribution is 0.283. The van der Waals surface area contributed by atoms with Crippen molar-refractivity contribution in [2.45, 2.75) is 47.0 Å². The summed E-state index contributed by atoms with van der Waals surface area (Å²) in [4.78, 5) is 0. The molecule has 2 rings (SSSR count). The topological polar surface area (TPSA) is 0 Å². The van der Waals surface area contributed by atoms with Gasteiger partial charge in [0.2, 0.25) is 0 Å². The highest BCUT2D eigenvalue weighted by Crippen LogP contribution is 2.46. The van der Waals surface area contributed by atoms with Gasteiger partial charge in [0.05, 0.1) is 0 Å². The molecule has 0 saturated heterocycles. The van der Waals surface area contributed by atoms with E-state index in [1.54, 1.807) is 5.57 Å². The highest BCUT2D eigenvalue weighted by Gasteiger charge is 2.36. The van der Waals surface area contributed by atoms with E-state index in [-0.39, 0.29) is 0 Å². The molecule has 0 aliphatic heterocycles. The molecule has 0 amide bonds. The van der Waals surface area contributed by atoms with Crippen molar-refractivity contribution in [3.63, 3.8) is 0 Å². The van der Waals surface area contributed by atoms with E-state index in [0.29, 0.717) is 0 Å². The van der Waals surface area contributed by atoms with E-state index in [0.717, 1.165) is 23.7 Å². The molecule has 4 atom stereocenters. The maximum atomic E-state index is 2.45. The van der Waals surface area contributed by atoms with Crippen molar-refractivity contribution in [3.8, 4) is 0 Å². The average Bonchev–Trinajstić information content (AvgIpc) is 2.43. The lowest BCUT2D eigenvalue weighted by atomic mass is 9.80. The molecular weight excluding hydrogens is 180 g/mol. The fourth-order valence-electron chi connectivity index (χ4n) is 3.41. The Morgan fingerprint density at radius 3 is 2.53 bits per heavy atom. The maximum absolute atomic E-state index is 2.45. The van der Waals surface area contributed by atoms with Gasteiger partial charge in [0.25, 0.3) is 0 Å². The number of allylic oxidation sites excluding steroid dienone is 4. The molecule has 3 unspecified atom stereocenters. The molecule has 0 nitrogen and oxygen atoms in total. The number of rotatable bonds is 0. The van der Waals surface area contributed by atoms with Crippen LogP contribution in [0.1, 0.15) is 47.0 Å². The molecular formula is C15H24. The Kier molecular flexibility index (Phi) is 3.04. The molecule has 0 N–H and O–H groups in total. The number of fused-ring (bicyclic) bond motifs is 1. The molecule has 84 valence electrons. The summed E-state index contributed by atoms with van der Waals surface area (Å²) in [5.74, 6) is 3.62. The predicted molar refractivity (Wildman–Crippen MR) is 66.7 cm³/mol. The second-order valence-corrected chi connectivity index (χ2v) is 5.83. The standard InChI is InChI=1S/C15H24/c1-10(2)13-7-5-11(3)14-8-6-12(4)15(14)9-13/h5,7,11-12,14-15H,6,8-9H2,1-4H3/t11?,12-,14?,15?/m0/s1. The van der Waals surface area contributed by atoms with Crippen LogP contribution < -0.4 is 0 Å². The SMILES string of the molecule is CC(C)=C1C=CC(C)C2CC[C@H](C)C2C1. The smallest absolute Gasteiger partial charge is 0.0227 e. The summed E-state index contributed by atoms with van der Waals surface area (Å²) >= 11 is 0. The molecule has 0 bridgehead atoms. The molecule has 2 aliphatic carbocycles. The predicted octanol–water partition coefficient (Wildman–Crippen LogP) is 4.58. The van der Waals surface area contributed by atoms with Gasteiger partial charge < -0.3 is 0 Å². The Bertz CT molecular complexity index is 291. The van der Waals surface area contributed by atoms with Crippen LogP contribution in [0.15, 0.2) is 23.3 Å². The van der Waals surface area contributed by atoms with Crippen LogP contribution >= 0.6 is 0 Å². The second-order valence-electron chi connectivity index (χ2n) is 5.83. The van der Waals surface area contributed by atoms with E-state index in [4.69, 9.17) is 0 Å².